The predicted octanol–water partition coefficient (Wildman–Crippen LogP) is 4.05. The van der Waals surface area contributed by atoms with Gasteiger partial charge in [-0.25, -0.2) is 0 Å². The van der Waals surface area contributed by atoms with Gasteiger partial charge in [0.2, 0.25) is 0 Å². The predicted molar refractivity (Wildman–Crippen MR) is 104 cm³/mol. The fourth-order valence-corrected chi connectivity index (χ4v) is 2.47. The summed E-state index contributed by atoms with van der Waals surface area (Å²) in [6.45, 7) is 0. The maximum atomic E-state index is 13.0. The lowest BCUT2D eigenvalue weighted by Gasteiger charge is -2.14. The molecule has 0 aliphatic heterocycles. The number of nitrogens with zero attached hydrogens (tertiary/aromatic N) is 1. The average Bonchev–Trinajstić information content (AvgIpc) is 2.67. The number of halogens is 3. The molecule has 6 nitrogen and oxygen atoms in total. The largest absolute Gasteiger partial charge is 0.496 e. The van der Waals surface area contributed by atoms with Crippen LogP contribution in [0.15, 0.2) is 41.5 Å². The number of alkyl halides is 3. The van der Waals surface area contributed by atoms with Crippen molar-refractivity contribution in [3.8, 4) is 17.2 Å². The first-order valence-electron chi connectivity index (χ1n) is 7.86. The van der Waals surface area contributed by atoms with E-state index >= 15 is 0 Å². The van der Waals surface area contributed by atoms with Crippen molar-refractivity contribution < 1.29 is 27.4 Å². The van der Waals surface area contributed by atoms with E-state index in [1.807, 2.05) is 0 Å². The molecule has 0 heterocycles. The van der Waals surface area contributed by atoms with E-state index in [9.17, 15) is 13.2 Å². The van der Waals surface area contributed by atoms with Crippen LogP contribution in [0, 0.1) is 0 Å². The molecule has 0 bridgehead atoms. The molecule has 0 amide bonds. The highest BCUT2D eigenvalue weighted by atomic mass is 32.1. The molecule has 0 saturated carbocycles. The Morgan fingerprint density at radius 2 is 1.61 bits per heavy atom. The Balaban J connectivity index is 2.13. The number of rotatable bonds is 6. The van der Waals surface area contributed by atoms with Gasteiger partial charge in [0.25, 0.3) is 0 Å². The van der Waals surface area contributed by atoms with E-state index in [0.29, 0.717) is 22.8 Å². The van der Waals surface area contributed by atoms with Crippen molar-refractivity contribution >= 4 is 29.2 Å². The molecule has 0 aromatic heterocycles. The molecule has 10 heteroatoms. The zero-order valence-electron chi connectivity index (χ0n) is 15.3. The van der Waals surface area contributed by atoms with Gasteiger partial charge in [-0.15, -0.1) is 0 Å². The monoisotopic (exact) mass is 413 g/mol. The van der Waals surface area contributed by atoms with Gasteiger partial charge in [-0.05, 0) is 30.4 Å². The molecule has 2 aromatic rings. The van der Waals surface area contributed by atoms with Crippen LogP contribution in [-0.2, 0) is 6.18 Å². The van der Waals surface area contributed by atoms with Gasteiger partial charge in [0.1, 0.15) is 5.75 Å². The Morgan fingerprint density at radius 3 is 2.21 bits per heavy atom. The number of para-hydroxylation sites is 1. The lowest BCUT2D eigenvalue weighted by molar-refractivity contribution is -0.136. The van der Waals surface area contributed by atoms with Gasteiger partial charge in [0.15, 0.2) is 16.6 Å². The maximum absolute atomic E-state index is 13.0. The SMILES string of the molecule is COc1cc(OC)c(OC)cc1/C=N/NC(=S)Nc1ccccc1C(F)(F)F. The highest BCUT2D eigenvalue weighted by Gasteiger charge is 2.33. The molecular weight excluding hydrogens is 395 g/mol. The van der Waals surface area contributed by atoms with E-state index in [-0.39, 0.29) is 10.8 Å². The summed E-state index contributed by atoms with van der Waals surface area (Å²) in [4.78, 5) is 0. The van der Waals surface area contributed by atoms with E-state index in [1.165, 1.54) is 45.7 Å². The Bertz CT molecular complexity index is 873. The molecule has 0 spiro atoms. The van der Waals surface area contributed by atoms with Crippen molar-refractivity contribution in [2.45, 2.75) is 6.18 Å². The molecule has 2 N–H and O–H groups in total. The van der Waals surface area contributed by atoms with Crippen molar-refractivity contribution in [2.75, 3.05) is 26.6 Å². The molecule has 28 heavy (non-hydrogen) atoms. The molecule has 0 atom stereocenters. The van der Waals surface area contributed by atoms with Crippen LogP contribution in [0.25, 0.3) is 0 Å². The summed E-state index contributed by atoms with van der Waals surface area (Å²) in [7, 11) is 4.46. The van der Waals surface area contributed by atoms with Crippen LogP contribution in [-0.4, -0.2) is 32.7 Å². The fraction of sp³-hybridized carbons (Fsp3) is 0.222. The van der Waals surface area contributed by atoms with Gasteiger partial charge in [-0.2, -0.15) is 18.3 Å². The van der Waals surface area contributed by atoms with Gasteiger partial charge < -0.3 is 19.5 Å². The molecule has 0 unspecified atom stereocenters. The van der Waals surface area contributed by atoms with E-state index in [0.717, 1.165) is 6.07 Å². The Labute approximate surface area is 165 Å². The Morgan fingerprint density at radius 1 is 1.00 bits per heavy atom. The second-order valence-corrected chi connectivity index (χ2v) is 5.72. The van der Waals surface area contributed by atoms with E-state index in [1.54, 1.807) is 12.1 Å². The topological polar surface area (TPSA) is 64.1 Å². The molecule has 0 aliphatic carbocycles. The minimum Gasteiger partial charge on any atom is -0.496 e. The second kappa shape index (κ2) is 9.27. The summed E-state index contributed by atoms with van der Waals surface area (Å²) in [5, 5.41) is 6.31. The van der Waals surface area contributed by atoms with Crippen molar-refractivity contribution in [1.82, 2.24) is 5.43 Å². The molecule has 0 aliphatic rings. The summed E-state index contributed by atoms with van der Waals surface area (Å²) in [6, 6.07) is 8.26. The molecule has 0 saturated heterocycles. The molecule has 2 aromatic carbocycles. The van der Waals surface area contributed by atoms with Gasteiger partial charge >= 0.3 is 6.18 Å². The number of ether oxygens (including phenoxy) is 3. The van der Waals surface area contributed by atoms with E-state index < -0.39 is 11.7 Å². The number of hydrogen-bond donors (Lipinski definition) is 2. The summed E-state index contributed by atoms with van der Waals surface area (Å²) in [5.41, 5.74) is 2.01. The van der Waals surface area contributed by atoms with Crippen LogP contribution in [0.1, 0.15) is 11.1 Å². The number of anilines is 1. The standard InChI is InChI=1S/C18H18F3N3O3S/c1-25-14-9-16(27-3)15(26-2)8-11(14)10-22-24-17(28)23-13-7-5-4-6-12(13)18(19,20)21/h4-10H,1-3H3,(H2,23,24,28)/b22-10+. The lowest BCUT2D eigenvalue weighted by Crippen LogP contribution is -2.25. The number of benzene rings is 2. The normalized spacial score (nSPS) is 11.2. The summed E-state index contributed by atoms with van der Waals surface area (Å²) in [6.07, 6.45) is -3.11. The number of thiocarbonyl (C=S) groups is 1. The smallest absolute Gasteiger partial charge is 0.418 e. The minimum absolute atomic E-state index is 0.104. The number of hydrazone groups is 1. The van der Waals surface area contributed by atoms with Gasteiger partial charge in [-0.3, -0.25) is 5.43 Å². The van der Waals surface area contributed by atoms with Crippen LogP contribution in [0.2, 0.25) is 0 Å². The van der Waals surface area contributed by atoms with E-state index in [4.69, 9.17) is 26.4 Å². The molecule has 0 radical (unpaired) electrons. The van der Waals surface area contributed by atoms with Gasteiger partial charge in [-0.1, -0.05) is 12.1 Å². The zero-order valence-corrected chi connectivity index (χ0v) is 16.1. The van der Waals surface area contributed by atoms with Crippen molar-refractivity contribution in [3.05, 3.63) is 47.5 Å². The third kappa shape index (κ3) is 5.26. The highest BCUT2D eigenvalue weighted by Crippen LogP contribution is 2.35. The zero-order chi connectivity index (χ0) is 20.7. The quantitative estimate of drug-likeness (QED) is 0.423. The molecule has 2 rings (SSSR count). The molecule has 0 fully saturated rings. The van der Waals surface area contributed by atoms with Gasteiger partial charge in [0.05, 0.1) is 38.8 Å². The Kier molecular flexibility index (Phi) is 7.05. The first-order valence-corrected chi connectivity index (χ1v) is 8.27. The van der Waals surface area contributed by atoms with Crippen LogP contribution >= 0.6 is 12.2 Å². The second-order valence-electron chi connectivity index (χ2n) is 5.32. The number of hydrogen-bond acceptors (Lipinski definition) is 5. The molecular formula is C18H18F3N3O3S. The van der Waals surface area contributed by atoms with Crippen molar-refractivity contribution in [3.63, 3.8) is 0 Å². The maximum Gasteiger partial charge on any atom is 0.418 e. The van der Waals surface area contributed by atoms with Crippen molar-refractivity contribution in [1.29, 1.82) is 0 Å². The Hall–Kier alpha value is -3.01. The lowest BCUT2D eigenvalue weighted by atomic mass is 10.2. The highest BCUT2D eigenvalue weighted by molar-refractivity contribution is 7.80. The fourth-order valence-electron chi connectivity index (χ4n) is 2.30. The molecule has 150 valence electrons. The van der Waals surface area contributed by atoms with Crippen LogP contribution in [0.4, 0.5) is 18.9 Å². The van der Waals surface area contributed by atoms with E-state index in [2.05, 4.69) is 15.8 Å². The third-order valence-corrected chi connectivity index (χ3v) is 3.78. The number of nitrogens with one attached hydrogen (secondary N) is 2. The average molecular weight is 413 g/mol. The first-order chi connectivity index (χ1) is 13.3. The van der Waals surface area contributed by atoms with Crippen LogP contribution in [0.3, 0.4) is 0 Å². The third-order valence-electron chi connectivity index (χ3n) is 3.59. The number of methoxy groups -OCH3 is 3. The van der Waals surface area contributed by atoms with Crippen LogP contribution < -0.4 is 25.0 Å². The summed E-state index contributed by atoms with van der Waals surface area (Å²) >= 11 is 5.00. The van der Waals surface area contributed by atoms with Crippen LogP contribution in [0.5, 0.6) is 17.2 Å². The first kappa shape index (κ1) is 21.3. The minimum atomic E-state index is -4.50. The summed E-state index contributed by atoms with van der Waals surface area (Å²) < 4.78 is 54.7. The van der Waals surface area contributed by atoms with Gasteiger partial charge in [0, 0.05) is 11.6 Å². The van der Waals surface area contributed by atoms with Crippen molar-refractivity contribution in [2.24, 2.45) is 5.10 Å². The summed E-state index contributed by atoms with van der Waals surface area (Å²) in [5.74, 6) is 1.40.